The summed E-state index contributed by atoms with van der Waals surface area (Å²) >= 11 is 0. The molecule has 5 rings (SSSR count). The maximum absolute atomic E-state index is 13.3. The van der Waals surface area contributed by atoms with Gasteiger partial charge in [-0.25, -0.2) is 8.42 Å². The molecule has 1 amide bonds. The highest BCUT2D eigenvalue weighted by Gasteiger charge is 2.32. The summed E-state index contributed by atoms with van der Waals surface area (Å²) in [5.41, 5.74) is 1.58. The largest absolute Gasteiger partial charge is 0.377 e. The van der Waals surface area contributed by atoms with Crippen LogP contribution in [0.2, 0.25) is 0 Å². The molecular weight excluding hydrogens is 488 g/mol. The number of hydrogen-bond acceptors (Lipinski definition) is 6. The molecule has 3 aromatic carbocycles. The van der Waals surface area contributed by atoms with Crippen molar-refractivity contribution >= 4 is 27.1 Å². The van der Waals surface area contributed by atoms with Gasteiger partial charge in [-0.2, -0.15) is 0 Å². The van der Waals surface area contributed by atoms with Gasteiger partial charge < -0.3 is 20.1 Å². The van der Waals surface area contributed by atoms with Crippen molar-refractivity contribution in [3.05, 3.63) is 90.0 Å². The number of carbonyl (C=O) groups excluding carboxylic acids is 1. The van der Waals surface area contributed by atoms with E-state index in [-0.39, 0.29) is 24.1 Å². The van der Waals surface area contributed by atoms with E-state index in [0.29, 0.717) is 35.3 Å². The summed E-state index contributed by atoms with van der Waals surface area (Å²) in [6.07, 6.45) is 2.25. The van der Waals surface area contributed by atoms with Crippen molar-refractivity contribution in [2.45, 2.75) is 42.8 Å². The van der Waals surface area contributed by atoms with Gasteiger partial charge in [0, 0.05) is 23.4 Å². The van der Waals surface area contributed by atoms with Crippen molar-refractivity contribution in [2.24, 2.45) is 5.92 Å². The lowest BCUT2D eigenvalue weighted by Crippen LogP contribution is -2.52. The number of aliphatic hydroxyl groups is 1. The van der Waals surface area contributed by atoms with Gasteiger partial charge in [0.25, 0.3) is 5.91 Å². The van der Waals surface area contributed by atoms with E-state index >= 15 is 0 Å². The van der Waals surface area contributed by atoms with Crippen LogP contribution in [0.4, 0.5) is 11.4 Å². The van der Waals surface area contributed by atoms with E-state index < -0.39 is 15.6 Å². The van der Waals surface area contributed by atoms with Gasteiger partial charge in [-0.3, -0.25) is 4.79 Å². The molecule has 1 heterocycles. The van der Waals surface area contributed by atoms with Gasteiger partial charge in [0.15, 0.2) is 9.84 Å². The number of nitrogens with zero attached hydrogens (tertiary/aromatic N) is 1. The smallest absolute Gasteiger partial charge is 0.258 e. The third-order valence-corrected chi connectivity index (χ3v) is 8.67. The van der Waals surface area contributed by atoms with Crippen LogP contribution in [0.5, 0.6) is 0 Å². The maximum atomic E-state index is 13.3. The minimum Gasteiger partial charge on any atom is -0.377 e. The fraction of sp³-hybridized carbons (Fsp3) is 0.345. The summed E-state index contributed by atoms with van der Waals surface area (Å²) in [4.78, 5) is 15.4. The summed E-state index contributed by atoms with van der Waals surface area (Å²) in [5.74, 6) is 0.404. The molecule has 1 unspecified atom stereocenters. The summed E-state index contributed by atoms with van der Waals surface area (Å²) in [7, 11) is -3.26. The fourth-order valence-electron chi connectivity index (χ4n) is 4.55. The van der Waals surface area contributed by atoms with E-state index in [4.69, 9.17) is 4.74 Å². The van der Waals surface area contributed by atoms with Crippen molar-refractivity contribution in [3.63, 3.8) is 0 Å². The van der Waals surface area contributed by atoms with E-state index in [9.17, 15) is 18.3 Å². The van der Waals surface area contributed by atoms with Crippen molar-refractivity contribution in [1.82, 2.24) is 0 Å². The number of para-hydroxylation sites is 1. The lowest BCUT2D eigenvalue weighted by atomic mass is 10.0. The van der Waals surface area contributed by atoms with Crippen LogP contribution in [0.3, 0.4) is 0 Å². The Morgan fingerprint density at radius 1 is 1.00 bits per heavy atom. The van der Waals surface area contributed by atoms with Gasteiger partial charge in [0.05, 0.1) is 29.9 Å². The molecule has 194 valence electrons. The third kappa shape index (κ3) is 6.21. The number of rotatable bonds is 10. The van der Waals surface area contributed by atoms with Crippen LogP contribution in [-0.4, -0.2) is 50.2 Å². The Labute approximate surface area is 218 Å². The molecular formula is C29H32N2O5S. The molecule has 0 bridgehead atoms. The second-order valence-corrected chi connectivity index (χ2v) is 12.3. The fourth-order valence-corrected chi connectivity index (χ4v) is 6.25. The van der Waals surface area contributed by atoms with Crippen LogP contribution in [0.25, 0.3) is 0 Å². The number of ether oxygens (including phenoxy) is 1. The lowest BCUT2D eigenvalue weighted by Gasteiger charge is -2.37. The van der Waals surface area contributed by atoms with Gasteiger partial charge in [-0.1, -0.05) is 30.3 Å². The first kappa shape index (κ1) is 25.4. The van der Waals surface area contributed by atoms with Gasteiger partial charge >= 0.3 is 0 Å². The highest BCUT2D eigenvalue weighted by Crippen LogP contribution is 2.32. The summed E-state index contributed by atoms with van der Waals surface area (Å²) in [5, 5.41) is 14.1. The standard InChI is InChI=1S/C29H32N2O5S/c1-29(33,17-21-9-15-27(16-10-21)37(34,35)20-22-7-8-22)30-24-13-11-23(12-14-24)28(32)31(26-18-36-19-26)25-5-3-2-4-6-25/h2-6,9-16,22,26,30,33H,7-8,17-20H2,1H3. The van der Waals surface area contributed by atoms with Crippen LogP contribution >= 0.6 is 0 Å². The third-order valence-electron chi connectivity index (χ3n) is 6.77. The van der Waals surface area contributed by atoms with Crippen LogP contribution in [0, 0.1) is 5.92 Å². The molecule has 0 radical (unpaired) electrons. The highest BCUT2D eigenvalue weighted by molar-refractivity contribution is 7.91. The van der Waals surface area contributed by atoms with Gasteiger partial charge in [-0.05, 0) is 79.8 Å². The Bertz CT molecular complexity index is 1330. The van der Waals surface area contributed by atoms with E-state index in [2.05, 4.69) is 5.32 Å². The van der Waals surface area contributed by atoms with E-state index in [0.717, 1.165) is 24.1 Å². The summed E-state index contributed by atoms with van der Waals surface area (Å²) in [6.45, 7) is 2.69. The molecule has 0 spiro atoms. The van der Waals surface area contributed by atoms with Crippen LogP contribution < -0.4 is 10.2 Å². The Morgan fingerprint density at radius 3 is 2.22 bits per heavy atom. The minimum absolute atomic E-state index is 0.00326. The van der Waals surface area contributed by atoms with Crippen molar-refractivity contribution < 1.29 is 23.1 Å². The number of nitrogens with one attached hydrogen (secondary N) is 1. The van der Waals surface area contributed by atoms with Gasteiger partial charge in [0.1, 0.15) is 5.72 Å². The zero-order valence-corrected chi connectivity index (χ0v) is 21.7. The molecule has 1 saturated heterocycles. The van der Waals surface area contributed by atoms with E-state index in [1.54, 1.807) is 60.4 Å². The molecule has 8 heteroatoms. The highest BCUT2D eigenvalue weighted by atomic mass is 32.2. The van der Waals surface area contributed by atoms with Gasteiger partial charge in [-0.15, -0.1) is 0 Å². The van der Waals surface area contributed by atoms with Crippen molar-refractivity contribution in [1.29, 1.82) is 0 Å². The predicted octanol–water partition coefficient (Wildman–Crippen LogP) is 4.28. The number of benzene rings is 3. The quantitative estimate of drug-likeness (QED) is 0.388. The Kier molecular flexibility index (Phi) is 7.07. The monoisotopic (exact) mass is 520 g/mol. The molecule has 2 aliphatic rings. The number of carbonyl (C=O) groups is 1. The lowest BCUT2D eigenvalue weighted by molar-refractivity contribution is 0.00834. The molecule has 37 heavy (non-hydrogen) atoms. The van der Waals surface area contributed by atoms with E-state index in [1.807, 2.05) is 30.3 Å². The number of hydrogen-bond donors (Lipinski definition) is 2. The normalized spacial score (nSPS) is 17.5. The van der Waals surface area contributed by atoms with Crippen molar-refractivity contribution in [2.75, 3.05) is 29.2 Å². The first-order valence-electron chi connectivity index (χ1n) is 12.6. The second-order valence-electron chi connectivity index (χ2n) is 10.2. The Hall–Kier alpha value is -3.20. The molecule has 7 nitrogen and oxygen atoms in total. The van der Waals surface area contributed by atoms with E-state index in [1.165, 1.54) is 0 Å². The van der Waals surface area contributed by atoms with Crippen LogP contribution in [0.1, 0.15) is 35.7 Å². The number of anilines is 2. The number of amides is 1. The molecule has 1 aliphatic carbocycles. The molecule has 0 aromatic heterocycles. The number of sulfone groups is 1. The molecule has 2 fully saturated rings. The Balaban J connectivity index is 1.23. The van der Waals surface area contributed by atoms with Gasteiger partial charge in [0.2, 0.25) is 0 Å². The summed E-state index contributed by atoms with van der Waals surface area (Å²) in [6, 6.07) is 23.3. The predicted molar refractivity (Wildman–Crippen MR) is 143 cm³/mol. The molecule has 1 atom stereocenters. The first-order valence-corrected chi connectivity index (χ1v) is 14.2. The molecule has 3 aromatic rings. The zero-order valence-electron chi connectivity index (χ0n) is 20.8. The molecule has 1 aliphatic heterocycles. The zero-order chi connectivity index (χ0) is 26.0. The Morgan fingerprint density at radius 2 is 1.65 bits per heavy atom. The first-order chi connectivity index (χ1) is 17.7. The van der Waals surface area contributed by atoms with Crippen LogP contribution in [0.15, 0.2) is 83.8 Å². The van der Waals surface area contributed by atoms with Crippen LogP contribution in [-0.2, 0) is 21.0 Å². The molecule has 1 saturated carbocycles. The average Bonchev–Trinajstić information content (AvgIpc) is 3.65. The molecule has 2 N–H and O–H groups in total. The SMILES string of the molecule is CC(O)(Cc1ccc(S(=O)(=O)CC2CC2)cc1)Nc1ccc(C(=O)N(c2ccccc2)C2COC2)cc1. The average molecular weight is 521 g/mol. The maximum Gasteiger partial charge on any atom is 0.258 e. The second kappa shape index (κ2) is 10.3. The summed E-state index contributed by atoms with van der Waals surface area (Å²) < 4.78 is 30.3. The topological polar surface area (TPSA) is 95.9 Å². The minimum atomic E-state index is -3.26. The van der Waals surface area contributed by atoms with Crippen molar-refractivity contribution in [3.8, 4) is 0 Å².